The van der Waals surface area contributed by atoms with E-state index in [0.717, 1.165) is 31.2 Å². The van der Waals surface area contributed by atoms with Gasteiger partial charge in [0.25, 0.3) is 5.91 Å². The van der Waals surface area contributed by atoms with Crippen molar-refractivity contribution < 1.29 is 9.59 Å². The Morgan fingerprint density at radius 3 is 2.14 bits per heavy atom. The zero-order valence-electron chi connectivity index (χ0n) is 12.6. The minimum atomic E-state index is -0.198. The van der Waals surface area contributed by atoms with Crippen LogP contribution in [-0.2, 0) is 0 Å². The molecule has 0 bridgehead atoms. The molecule has 5 nitrogen and oxygen atoms in total. The monoisotopic (exact) mass is 289 g/mol. The van der Waals surface area contributed by atoms with Crippen molar-refractivity contribution in [1.82, 2.24) is 16.0 Å². The summed E-state index contributed by atoms with van der Waals surface area (Å²) in [6.45, 7) is 1.99. The first-order valence-electron chi connectivity index (χ1n) is 7.46. The first-order chi connectivity index (χ1) is 10.1. The van der Waals surface area contributed by atoms with Crippen LogP contribution in [0.5, 0.6) is 0 Å². The number of amides is 3. The maximum atomic E-state index is 12.3. The summed E-state index contributed by atoms with van der Waals surface area (Å²) < 4.78 is 0. The van der Waals surface area contributed by atoms with Gasteiger partial charge in [-0.05, 0) is 31.9 Å². The SMILES string of the molecule is CNC(=O)NC1CCCCC1NC(=O)c1ccc(C)cc1. The molecule has 0 spiro atoms. The lowest BCUT2D eigenvalue weighted by molar-refractivity contribution is 0.0916. The molecular formula is C16H23N3O2. The van der Waals surface area contributed by atoms with E-state index in [0.29, 0.717) is 5.56 Å². The maximum absolute atomic E-state index is 12.3. The van der Waals surface area contributed by atoms with Crippen LogP contribution in [0.25, 0.3) is 0 Å². The van der Waals surface area contributed by atoms with E-state index < -0.39 is 0 Å². The Balaban J connectivity index is 1.99. The zero-order chi connectivity index (χ0) is 15.2. The highest BCUT2D eigenvalue weighted by Crippen LogP contribution is 2.19. The van der Waals surface area contributed by atoms with E-state index >= 15 is 0 Å². The molecule has 1 aromatic rings. The molecule has 5 heteroatoms. The third-order valence-electron chi connectivity index (χ3n) is 3.94. The predicted molar refractivity (Wildman–Crippen MR) is 82.3 cm³/mol. The predicted octanol–water partition coefficient (Wildman–Crippen LogP) is 1.97. The fourth-order valence-corrected chi connectivity index (χ4v) is 2.67. The Labute approximate surface area is 125 Å². The molecule has 3 N–H and O–H groups in total. The van der Waals surface area contributed by atoms with Crippen LogP contribution in [0.2, 0.25) is 0 Å². The van der Waals surface area contributed by atoms with E-state index in [1.54, 1.807) is 7.05 Å². The lowest BCUT2D eigenvalue weighted by Gasteiger charge is -2.32. The summed E-state index contributed by atoms with van der Waals surface area (Å²) in [5.41, 5.74) is 1.79. The number of urea groups is 1. The number of hydrogen-bond acceptors (Lipinski definition) is 2. The summed E-state index contributed by atoms with van der Waals surface area (Å²) in [5.74, 6) is -0.0781. The van der Waals surface area contributed by atoms with Crippen LogP contribution in [0, 0.1) is 6.92 Å². The summed E-state index contributed by atoms with van der Waals surface area (Å²) in [5, 5.41) is 8.53. The van der Waals surface area contributed by atoms with E-state index in [-0.39, 0.29) is 24.0 Å². The molecule has 0 heterocycles. The normalized spacial score (nSPS) is 21.4. The number of carbonyl (C=O) groups excluding carboxylic acids is 2. The largest absolute Gasteiger partial charge is 0.347 e. The third-order valence-corrected chi connectivity index (χ3v) is 3.94. The van der Waals surface area contributed by atoms with Gasteiger partial charge in [0.2, 0.25) is 0 Å². The number of rotatable bonds is 3. The molecule has 2 rings (SSSR count). The lowest BCUT2D eigenvalue weighted by Crippen LogP contribution is -2.54. The second-order valence-corrected chi connectivity index (χ2v) is 5.56. The van der Waals surface area contributed by atoms with Crippen molar-refractivity contribution in [1.29, 1.82) is 0 Å². The van der Waals surface area contributed by atoms with E-state index in [1.807, 2.05) is 31.2 Å². The average molecular weight is 289 g/mol. The summed E-state index contributed by atoms with van der Waals surface area (Å²) in [6, 6.07) is 7.30. The van der Waals surface area contributed by atoms with E-state index in [2.05, 4.69) is 16.0 Å². The fourth-order valence-electron chi connectivity index (χ4n) is 2.67. The Morgan fingerprint density at radius 2 is 1.57 bits per heavy atom. The first kappa shape index (κ1) is 15.4. The lowest BCUT2D eigenvalue weighted by atomic mass is 9.90. The van der Waals surface area contributed by atoms with Gasteiger partial charge in [0, 0.05) is 18.7 Å². The van der Waals surface area contributed by atoms with Gasteiger partial charge >= 0.3 is 6.03 Å². The Hall–Kier alpha value is -2.04. The van der Waals surface area contributed by atoms with Crippen LogP contribution < -0.4 is 16.0 Å². The molecule has 21 heavy (non-hydrogen) atoms. The van der Waals surface area contributed by atoms with Gasteiger partial charge in [-0.2, -0.15) is 0 Å². The standard InChI is InChI=1S/C16H23N3O2/c1-11-7-9-12(10-8-11)15(20)18-13-5-3-4-6-14(13)19-16(21)17-2/h7-10,13-14H,3-6H2,1-2H3,(H,18,20)(H2,17,19,21). The summed E-state index contributed by atoms with van der Waals surface area (Å²) >= 11 is 0. The first-order valence-corrected chi connectivity index (χ1v) is 7.46. The Bertz CT molecular complexity index is 499. The zero-order valence-corrected chi connectivity index (χ0v) is 12.6. The topological polar surface area (TPSA) is 70.2 Å². The highest BCUT2D eigenvalue weighted by atomic mass is 16.2. The molecule has 0 aromatic heterocycles. The van der Waals surface area contributed by atoms with Crippen molar-refractivity contribution in [2.75, 3.05) is 7.05 Å². The van der Waals surface area contributed by atoms with Crippen molar-refractivity contribution in [2.45, 2.75) is 44.7 Å². The van der Waals surface area contributed by atoms with Gasteiger partial charge < -0.3 is 16.0 Å². The van der Waals surface area contributed by atoms with Crippen molar-refractivity contribution in [2.24, 2.45) is 0 Å². The van der Waals surface area contributed by atoms with Crippen LogP contribution in [0.1, 0.15) is 41.6 Å². The smallest absolute Gasteiger partial charge is 0.314 e. The van der Waals surface area contributed by atoms with Gasteiger partial charge in [0.05, 0.1) is 6.04 Å². The molecular weight excluding hydrogens is 266 g/mol. The Morgan fingerprint density at radius 1 is 1.00 bits per heavy atom. The highest BCUT2D eigenvalue weighted by Gasteiger charge is 2.27. The van der Waals surface area contributed by atoms with Gasteiger partial charge in [0.15, 0.2) is 0 Å². The molecule has 1 saturated carbocycles. The van der Waals surface area contributed by atoms with Crippen molar-refractivity contribution in [3.8, 4) is 0 Å². The number of hydrogen-bond donors (Lipinski definition) is 3. The molecule has 1 fully saturated rings. The van der Waals surface area contributed by atoms with Crippen molar-refractivity contribution in [3.63, 3.8) is 0 Å². The van der Waals surface area contributed by atoms with Gasteiger partial charge in [-0.25, -0.2) is 4.79 Å². The number of nitrogens with one attached hydrogen (secondary N) is 3. The van der Waals surface area contributed by atoms with E-state index in [4.69, 9.17) is 0 Å². The van der Waals surface area contributed by atoms with Crippen molar-refractivity contribution in [3.05, 3.63) is 35.4 Å². The molecule has 2 atom stereocenters. The van der Waals surface area contributed by atoms with Gasteiger partial charge in [-0.3, -0.25) is 4.79 Å². The van der Waals surface area contributed by atoms with Crippen LogP contribution >= 0.6 is 0 Å². The van der Waals surface area contributed by atoms with Crippen LogP contribution in [-0.4, -0.2) is 31.1 Å². The molecule has 0 radical (unpaired) electrons. The van der Waals surface area contributed by atoms with E-state index in [1.165, 1.54) is 0 Å². The maximum Gasteiger partial charge on any atom is 0.314 e. The van der Waals surface area contributed by atoms with Crippen LogP contribution in [0.15, 0.2) is 24.3 Å². The minimum Gasteiger partial charge on any atom is -0.347 e. The second kappa shape index (κ2) is 7.11. The molecule has 1 aromatic carbocycles. The Kier molecular flexibility index (Phi) is 5.20. The number of carbonyl (C=O) groups is 2. The quantitative estimate of drug-likeness (QED) is 0.796. The van der Waals surface area contributed by atoms with Gasteiger partial charge in [-0.1, -0.05) is 30.5 Å². The summed E-state index contributed by atoms with van der Waals surface area (Å²) in [7, 11) is 1.60. The molecule has 0 saturated heterocycles. The van der Waals surface area contributed by atoms with Crippen LogP contribution in [0.4, 0.5) is 4.79 Å². The molecule has 3 amide bonds. The van der Waals surface area contributed by atoms with E-state index in [9.17, 15) is 9.59 Å². The number of benzene rings is 1. The summed E-state index contributed by atoms with van der Waals surface area (Å²) in [4.78, 5) is 23.8. The van der Waals surface area contributed by atoms with Crippen molar-refractivity contribution >= 4 is 11.9 Å². The molecule has 1 aliphatic rings. The van der Waals surface area contributed by atoms with Gasteiger partial charge in [0.1, 0.15) is 0 Å². The van der Waals surface area contributed by atoms with Crippen LogP contribution in [0.3, 0.4) is 0 Å². The average Bonchev–Trinajstić information content (AvgIpc) is 2.49. The second-order valence-electron chi connectivity index (χ2n) is 5.56. The number of aryl methyl sites for hydroxylation is 1. The molecule has 114 valence electrons. The third kappa shape index (κ3) is 4.21. The summed E-state index contributed by atoms with van der Waals surface area (Å²) in [6.07, 6.45) is 3.94. The molecule has 1 aliphatic carbocycles. The highest BCUT2D eigenvalue weighted by molar-refractivity contribution is 5.94. The molecule has 0 aliphatic heterocycles. The van der Waals surface area contributed by atoms with Gasteiger partial charge in [-0.15, -0.1) is 0 Å². The molecule has 2 unspecified atom stereocenters. The minimum absolute atomic E-state index is 0.00639. The fraction of sp³-hybridized carbons (Fsp3) is 0.500.